The van der Waals surface area contributed by atoms with E-state index >= 15 is 0 Å². The molecule has 44 valence electrons. The number of hydrogen-bond acceptors (Lipinski definition) is 2. The van der Waals surface area contributed by atoms with Crippen LogP contribution < -0.4 is 5.73 Å². The van der Waals surface area contributed by atoms with Crippen molar-refractivity contribution in [1.82, 2.24) is 0 Å². The Labute approximate surface area is 45.2 Å². The summed E-state index contributed by atoms with van der Waals surface area (Å²) in [7, 11) is 0. The van der Waals surface area contributed by atoms with Crippen LogP contribution in [0.3, 0.4) is 0 Å². The van der Waals surface area contributed by atoms with Crippen molar-refractivity contribution < 1.29 is 8.78 Å². The first-order valence-corrected chi connectivity index (χ1v) is 1.82. The molecule has 0 rings (SSSR count). The molecule has 0 bridgehead atoms. The molecule has 0 aromatic carbocycles. The molecule has 0 saturated heterocycles. The lowest BCUT2D eigenvalue weighted by molar-refractivity contribution is 0.522. The minimum atomic E-state index is -1.24. The van der Waals surface area contributed by atoms with Gasteiger partial charge in [0.15, 0.2) is 0 Å². The van der Waals surface area contributed by atoms with E-state index in [-0.39, 0.29) is 0 Å². The number of allylic oxidation sites excluding steroid dienone is 2. The number of nitrogens with zero attached hydrogens (tertiary/aromatic N) is 1. The molecule has 4 heteroatoms. The van der Waals surface area contributed by atoms with Crippen LogP contribution in [-0.2, 0) is 0 Å². The first kappa shape index (κ1) is 6.89. The largest absolute Gasteiger partial charge is 0.397 e. The summed E-state index contributed by atoms with van der Waals surface area (Å²) in [4.78, 5) is 0. The van der Waals surface area contributed by atoms with Crippen molar-refractivity contribution in [3.63, 3.8) is 0 Å². The van der Waals surface area contributed by atoms with E-state index < -0.39 is 18.2 Å². The fraction of sp³-hybridized carbons (Fsp3) is 0.250. The predicted octanol–water partition coefficient (Wildman–Crippen LogP) is 0.619. The second-order valence-corrected chi connectivity index (χ2v) is 1.08. The summed E-state index contributed by atoms with van der Waals surface area (Å²) in [5.41, 5.74) is 3.99. The third kappa shape index (κ3) is 1.56. The number of halogens is 2. The zero-order valence-electron chi connectivity index (χ0n) is 3.99. The monoisotopic (exact) mass is 118 g/mol. The molecule has 0 radical (unpaired) electrons. The molecule has 0 unspecified atom stereocenters. The lowest BCUT2D eigenvalue weighted by atomic mass is 10.4. The van der Waals surface area contributed by atoms with Gasteiger partial charge in [0.25, 0.3) is 0 Å². The van der Waals surface area contributed by atoms with Crippen LogP contribution in [0.15, 0.2) is 11.5 Å². The third-order valence-corrected chi connectivity index (χ3v) is 0.524. The van der Waals surface area contributed by atoms with Crippen molar-refractivity contribution in [3.8, 4) is 6.07 Å². The molecule has 0 atom stereocenters. The summed E-state index contributed by atoms with van der Waals surface area (Å²) in [5.74, 6) is -1.24. The molecule has 0 spiro atoms. The highest BCUT2D eigenvalue weighted by atomic mass is 19.1. The van der Waals surface area contributed by atoms with Gasteiger partial charge in [-0.25, -0.2) is 4.39 Å². The van der Waals surface area contributed by atoms with Gasteiger partial charge >= 0.3 is 0 Å². The lowest BCUT2D eigenvalue weighted by Crippen LogP contribution is -2.00. The molecule has 0 aliphatic carbocycles. The lowest BCUT2D eigenvalue weighted by Gasteiger charge is -1.86. The second-order valence-electron chi connectivity index (χ2n) is 1.08. The Balaban J connectivity index is 4.10. The third-order valence-electron chi connectivity index (χ3n) is 0.524. The smallest absolute Gasteiger partial charge is 0.221 e. The van der Waals surface area contributed by atoms with Gasteiger partial charge in [-0.3, -0.25) is 0 Å². The number of hydrogen-bond donors (Lipinski definition) is 1. The highest BCUT2D eigenvalue weighted by Crippen LogP contribution is 1.97. The van der Waals surface area contributed by atoms with Crippen LogP contribution in [0, 0.1) is 11.3 Å². The molecule has 0 heterocycles. The normalized spacial score (nSPS) is 12.1. The molecule has 2 nitrogen and oxygen atoms in total. The Morgan fingerprint density at radius 3 is 2.38 bits per heavy atom. The van der Waals surface area contributed by atoms with Crippen molar-refractivity contribution in [3.05, 3.63) is 11.5 Å². The van der Waals surface area contributed by atoms with E-state index in [1.54, 1.807) is 0 Å². The second kappa shape index (κ2) is 2.97. The Morgan fingerprint density at radius 1 is 1.75 bits per heavy atom. The summed E-state index contributed by atoms with van der Waals surface area (Å²) < 4.78 is 22.9. The van der Waals surface area contributed by atoms with E-state index in [2.05, 4.69) is 5.73 Å². The van der Waals surface area contributed by atoms with Crippen molar-refractivity contribution in [2.75, 3.05) is 6.67 Å². The summed E-state index contributed by atoms with van der Waals surface area (Å²) in [6.45, 7) is -1.11. The molecule has 8 heavy (non-hydrogen) atoms. The van der Waals surface area contributed by atoms with E-state index in [4.69, 9.17) is 5.26 Å². The minimum absolute atomic E-state index is 0.646. The van der Waals surface area contributed by atoms with Gasteiger partial charge in [0.05, 0.1) is 5.70 Å². The quantitative estimate of drug-likeness (QED) is 0.513. The average molecular weight is 118 g/mol. The first-order chi connectivity index (χ1) is 3.72. The predicted molar refractivity (Wildman–Crippen MR) is 23.9 cm³/mol. The molecule has 0 fully saturated rings. The van der Waals surface area contributed by atoms with E-state index in [1.807, 2.05) is 0 Å². The Bertz CT molecular complexity index is 145. The van der Waals surface area contributed by atoms with Gasteiger partial charge in [0.2, 0.25) is 5.83 Å². The van der Waals surface area contributed by atoms with Crippen LogP contribution in [0.2, 0.25) is 0 Å². The fourth-order valence-electron chi connectivity index (χ4n) is 0.130. The van der Waals surface area contributed by atoms with Crippen molar-refractivity contribution in [2.24, 2.45) is 5.73 Å². The zero-order valence-corrected chi connectivity index (χ0v) is 3.99. The van der Waals surface area contributed by atoms with Gasteiger partial charge in [0.1, 0.15) is 12.7 Å². The standard InChI is InChI=1S/C4H4F2N2/c5-1-4(8)3(6)2-7/h1,8H2/b4-3-. The van der Waals surface area contributed by atoms with Crippen LogP contribution in [0.5, 0.6) is 0 Å². The van der Waals surface area contributed by atoms with Gasteiger partial charge in [-0.2, -0.15) is 9.65 Å². The zero-order chi connectivity index (χ0) is 6.57. The summed E-state index contributed by atoms with van der Waals surface area (Å²) >= 11 is 0. The molecular formula is C4H4F2N2. The van der Waals surface area contributed by atoms with Gasteiger partial charge in [-0.1, -0.05) is 0 Å². The molecule has 0 aromatic rings. The molecular weight excluding hydrogens is 114 g/mol. The van der Waals surface area contributed by atoms with Crippen LogP contribution >= 0.6 is 0 Å². The summed E-state index contributed by atoms with van der Waals surface area (Å²) in [6.07, 6.45) is 0. The SMILES string of the molecule is N#C/C(F)=C(/N)CF. The fourth-order valence-corrected chi connectivity index (χ4v) is 0.130. The maximum atomic E-state index is 11.7. The van der Waals surface area contributed by atoms with Gasteiger partial charge in [0, 0.05) is 0 Å². The highest BCUT2D eigenvalue weighted by Gasteiger charge is 1.97. The topological polar surface area (TPSA) is 49.8 Å². The maximum Gasteiger partial charge on any atom is 0.221 e. The summed E-state index contributed by atoms with van der Waals surface area (Å²) in [6, 6.07) is 1.06. The Kier molecular flexibility index (Phi) is 2.56. The van der Waals surface area contributed by atoms with Crippen LogP contribution in [0.4, 0.5) is 8.78 Å². The molecule has 0 aliphatic heterocycles. The summed E-state index contributed by atoms with van der Waals surface area (Å²) in [5, 5.41) is 7.71. The number of alkyl halides is 1. The van der Waals surface area contributed by atoms with E-state index in [9.17, 15) is 8.78 Å². The first-order valence-electron chi connectivity index (χ1n) is 1.82. The number of rotatable bonds is 1. The van der Waals surface area contributed by atoms with E-state index in [0.717, 1.165) is 6.07 Å². The maximum absolute atomic E-state index is 11.7. The molecule has 0 amide bonds. The Morgan fingerprint density at radius 2 is 2.25 bits per heavy atom. The molecule has 0 aliphatic rings. The van der Waals surface area contributed by atoms with Crippen molar-refractivity contribution >= 4 is 0 Å². The molecule has 0 aromatic heterocycles. The minimum Gasteiger partial charge on any atom is -0.397 e. The number of nitrogens with two attached hydrogens (primary N) is 1. The van der Waals surface area contributed by atoms with E-state index in [1.165, 1.54) is 0 Å². The molecule has 0 saturated carbocycles. The van der Waals surface area contributed by atoms with E-state index in [0.29, 0.717) is 0 Å². The van der Waals surface area contributed by atoms with Crippen molar-refractivity contribution in [2.45, 2.75) is 0 Å². The van der Waals surface area contributed by atoms with Gasteiger partial charge in [-0.05, 0) is 0 Å². The highest BCUT2D eigenvalue weighted by molar-refractivity contribution is 5.18. The van der Waals surface area contributed by atoms with Crippen LogP contribution in [0.25, 0.3) is 0 Å². The number of nitriles is 1. The Hall–Kier alpha value is -1.11. The van der Waals surface area contributed by atoms with Crippen LogP contribution in [-0.4, -0.2) is 6.67 Å². The van der Waals surface area contributed by atoms with Crippen molar-refractivity contribution in [1.29, 1.82) is 5.26 Å². The molecule has 2 N–H and O–H groups in total. The van der Waals surface area contributed by atoms with Gasteiger partial charge in [-0.15, -0.1) is 0 Å². The van der Waals surface area contributed by atoms with Gasteiger partial charge < -0.3 is 5.73 Å². The van der Waals surface area contributed by atoms with Crippen LogP contribution in [0.1, 0.15) is 0 Å². The average Bonchev–Trinajstić information content (AvgIpc) is 1.84.